The van der Waals surface area contributed by atoms with E-state index < -0.39 is 22.9 Å². The lowest BCUT2D eigenvalue weighted by Crippen LogP contribution is -2.60. The lowest BCUT2D eigenvalue weighted by Gasteiger charge is -2.46. The number of nitrogens with zero attached hydrogens (tertiary/aromatic N) is 3. The van der Waals surface area contributed by atoms with Gasteiger partial charge in [-0.3, -0.25) is 14.2 Å². The topological polar surface area (TPSA) is 101 Å². The largest absolute Gasteiger partial charge is 0.351 e. The van der Waals surface area contributed by atoms with Crippen LogP contribution >= 0.6 is 0 Å². The molecule has 3 N–H and O–H groups in total. The van der Waals surface area contributed by atoms with Gasteiger partial charge in [-0.15, -0.1) is 0 Å². The summed E-state index contributed by atoms with van der Waals surface area (Å²) < 4.78 is 31.2. The van der Waals surface area contributed by atoms with Crippen LogP contribution in [0, 0.1) is 18.6 Å². The van der Waals surface area contributed by atoms with Crippen molar-refractivity contribution in [1.29, 1.82) is 0 Å². The number of carbonyl (C=O) groups is 1. The van der Waals surface area contributed by atoms with E-state index in [-0.39, 0.29) is 40.7 Å². The number of carbonyl (C=O) groups excluding carboxylic acids is 1. The van der Waals surface area contributed by atoms with Gasteiger partial charge in [0.15, 0.2) is 5.65 Å². The summed E-state index contributed by atoms with van der Waals surface area (Å²) in [6, 6.07) is 11.5. The summed E-state index contributed by atoms with van der Waals surface area (Å²) in [4.78, 5) is 35.8. The number of hydrogen-bond donors (Lipinski definition) is 3. The van der Waals surface area contributed by atoms with Crippen LogP contribution in [0.3, 0.4) is 0 Å². The quantitative estimate of drug-likeness (QED) is 0.260. The molecule has 0 aliphatic carbocycles. The van der Waals surface area contributed by atoms with Crippen LogP contribution in [0.1, 0.15) is 70.3 Å². The first-order valence-corrected chi connectivity index (χ1v) is 14.5. The SMILES string of the molecule is Cc1ccc(C(=O)NC(C)C)cc1-c1nc(NC2CC(C)(C)NC(C)(C)C2)nc2c1ccc(=O)n2-c1c(F)cccc1F. The van der Waals surface area contributed by atoms with Crippen molar-refractivity contribution in [2.24, 2.45) is 0 Å². The van der Waals surface area contributed by atoms with Gasteiger partial charge < -0.3 is 16.0 Å². The summed E-state index contributed by atoms with van der Waals surface area (Å²) in [6.07, 6.45) is 1.53. The van der Waals surface area contributed by atoms with Crippen LogP contribution in [0.15, 0.2) is 53.3 Å². The molecule has 1 aliphatic heterocycles. The molecule has 2 aromatic heterocycles. The minimum Gasteiger partial charge on any atom is -0.351 e. The highest BCUT2D eigenvalue weighted by Gasteiger charge is 2.38. The van der Waals surface area contributed by atoms with Crippen molar-refractivity contribution in [2.75, 3.05) is 5.32 Å². The van der Waals surface area contributed by atoms with Crippen LogP contribution in [0.25, 0.3) is 28.0 Å². The second-order valence-electron chi connectivity index (χ2n) is 13.0. The lowest BCUT2D eigenvalue weighted by molar-refractivity contribution is 0.0943. The van der Waals surface area contributed by atoms with Gasteiger partial charge in [0.25, 0.3) is 11.5 Å². The minimum absolute atomic E-state index is 0.0325. The predicted octanol–water partition coefficient (Wildman–Crippen LogP) is 5.89. The van der Waals surface area contributed by atoms with Crippen LogP contribution < -0.4 is 21.5 Å². The third-order valence-electron chi connectivity index (χ3n) is 7.61. The number of rotatable bonds is 6. The molecule has 10 heteroatoms. The summed E-state index contributed by atoms with van der Waals surface area (Å²) in [7, 11) is 0. The van der Waals surface area contributed by atoms with Gasteiger partial charge >= 0.3 is 0 Å². The van der Waals surface area contributed by atoms with Gasteiger partial charge in [-0.05, 0) is 97.2 Å². The van der Waals surface area contributed by atoms with Crippen LogP contribution in [0.5, 0.6) is 0 Å². The highest BCUT2D eigenvalue weighted by molar-refractivity contribution is 5.98. The number of aromatic nitrogens is 3. The molecule has 4 aromatic rings. The maximum Gasteiger partial charge on any atom is 0.256 e. The van der Waals surface area contributed by atoms with E-state index in [1.165, 1.54) is 12.1 Å². The van der Waals surface area contributed by atoms with Crippen molar-refractivity contribution >= 4 is 22.9 Å². The fourth-order valence-electron chi connectivity index (χ4n) is 6.27. The van der Waals surface area contributed by atoms with Gasteiger partial charge in [0.1, 0.15) is 17.3 Å². The van der Waals surface area contributed by atoms with Crippen LogP contribution in [-0.4, -0.2) is 43.6 Å². The van der Waals surface area contributed by atoms with Crippen molar-refractivity contribution in [2.45, 2.75) is 84.5 Å². The van der Waals surface area contributed by atoms with Crippen molar-refractivity contribution in [3.63, 3.8) is 0 Å². The van der Waals surface area contributed by atoms with E-state index in [1.807, 2.05) is 26.8 Å². The number of fused-ring (bicyclic) bond motifs is 1. The number of halogens is 2. The summed E-state index contributed by atoms with van der Waals surface area (Å²) in [5.41, 5.74) is 0.875. The minimum atomic E-state index is -0.894. The molecule has 43 heavy (non-hydrogen) atoms. The first-order chi connectivity index (χ1) is 20.1. The first-order valence-electron chi connectivity index (χ1n) is 14.5. The molecule has 0 saturated carbocycles. The van der Waals surface area contributed by atoms with Crippen LogP contribution in [0.4, 0.5) is 14.7 Å². The van der Waals surface area contributed by atoms with E-state index in [0.717, 1.165) is 35.1 Å². The molecule has 0 spiro atoms. The van der Waals surface area contributed by atoms with E-state index in [1.54, 1.807) is 18.2 Å². The first kappa shape index (κ1) is 30.3. The van der Waals surface area contributed by atoms with E-state index in [9.17, 15) is 9.59 Å². The molecule has 0 bridgehead atoms. The fraction of sp³-hybridized carbons (Fsp3) is 0.394. The number of benzene rings is 2. The highest BCUT2D eigenvalue weighted by atomic mass is 19.1. The molecule has 8 nitrogen and oxygen atoms in total. The second kappa shape index (κ2) is 11.1. The number of anilines is 1. The summed E-state index contributed by atoms with van der Waals surface area (Å²) >= 11 is 0. The summed E-state index contributed by atoms with van der Waals surface area (Å²) in [6.45, 7) is 14.2. The zero-order valence-corrected chi connectivity index (χ0v) is 25.6. The van der Waals surface area contributed by atoms with Gasteiger partial charge in [0.2, 0.25) is 5.95 Å². The molecule has 0 unspecified atom stereocenters. The Morgan fingerprint density at radius 2 is 1.65 bits per heavy atom. The van der Waals surface area contributed by atoms with Crippen molar-refractivity contribution in [3.05, 3.63) is 81.6 Å². The Bertz CT molecular complexity index is 1740. The molecule has 2 aromatic carbocycles. The standard InChI is InChI=1S/C33H38F2N6O2/c1-18(2)36-30(43)20-12-11-19(3)23(15-20)27-22-13-14-26(42)41(28-24(34)9-8-10-25(28)35)29(22)39-31(38-27)37-21-16-32(4,5)40-33(6,7)17-21/h8-15,18,21,40H,16-17H2,1-7H3,(H,36,43)(H,37,38,39). The molecular weight excluding hydrogens is 550 g/mol. The van der Waals surface area contributed by atoms with Crippen molar-refractivity contribution < 1.29 is 13.6 Å². The number of amides is 1. The van der Waals surface area contributed by atoms with E-state index in [2.05, 4.69) is 43.6 Å². The van der Waals surface area contributed by atoms with Crippen LogP contribution in [0.2, 0.25) is 0 Å². The van der Waals surface area contributed by atoms with Gasteiger partial charge in [-0.2, -0.15) is 4.98 Å². The van der Waals surface area contributed by atoms with Gasteiger partial charge in [-0.25, -0.2) is 13.8 Å². The molecule has 5 rings (SSSR count). The maximum atomic E-state index is 15.1. The maximum absolute atomic E-state index is 15.1. The van der Waals surface area contributed by atoms with E-state index in [4.69, 9.17) is 9.97 Å². The normalized spacial score (nSPS) is 16.4. The van der Waals surface area contributed by atoms with Crippen molar-refractivity contribution in [1.82, 2.24) is 25.2 Å². The summed E-state index contributed by atoms with van der Waals surface area (Å²) in [5.74, 6) is -1.81. The molecule has 1 fully saturated rings. The number of hydrogen-bond acceptors (Lipinski definition) is 6. The second-order valence-corrected chi connectivity index (χ2v) is 13.0. The van der Waals surface area contributed by atoms with Gasteiger partial charge in [0.05, 0.1) is 5.69 Å². The number of nitrogens with one attached hydrogen (secondary N) is 3. The zero-order valence-electron chi connectivity index (χ0n) is 25.6. The van der Waals surface area contributed by atoms with Crippen LogP contribution in [-0.2, 0) is 0 Å². The Kier molecular flexibility index (Phi) is 7.85. The smallest absolute Gasteiger partial charge is 0.256 e. The number of piperidine rings is 1. The van der Waals surface area contributed by atoms with E-state index in [0.29, 0.717) is 22.2 Å². The predicted molar refractivity (Wildman–Crippen MR) is 166 cm³/mol. The Labute approximate surface area is 250 Å². The van der Waals surface area contributed by atoms with Crippen molar-refractivity contribution in [3.8, 4) is 16.9 Å². The molecule has 0 atom stereocenters. The molecule has 1 aliphatic rings. The fourth-order valence-corrected chi connectivity index (χ4v) is 6.27. The van der Waals surface area contributed by atoms with Gasteiger partial charge in [0, 0.05) is 45.7 Å². The molecule has 1 amide bonds. The number of pyridine rings is 1. The average molecular weight is 589 g/mol. The monoisotopic (exact) mass is 588 g/mol. The third kappa shape index (κ3) is 6.29. The number of aryl methyl sites for hydroxylation is 1. The lowest BCUT2D eigenvalue weighted by atomic mass is 9.80. The zero-order chi connectivity index (χ0) is 31.3. The molecular formula is C33H38F2N6O2. The molecule has 3 heterocycles. The Morgan fingerprint density at radius 3 is 2.28 bits per heavy atom. The molecule has 1 saturated heterocycles. The molecule has 0 radical (unpaired) electrons. The van der Waals surface area contributed by atoms with Gasteiger partial charge in [-0.1, -0.05) is 12.1 Å². The summed E-state index contributed by atoms with van der Waals surface area (Å²) in [5, 5.41) is 10.4. The number of para-hydroxylation sites is 1. The Hall–Kier alpha value is -4.18. The Morgan fingerprint density at radius 1 is 1.00 bits per heavy atom. The average Bonchev–Trinajstić information content (AvgIpc) is 2.87. The molecule has 226 valence electrons. The third-order valence-corrected chi connectivity index (χ3v) is 7.61. The Balaban J connectivity index is 1.77. The highest BCUT2D eigenvalue weighted by Crippen LogP contribution is 2.34. The van der Waals surface area contributed by atoms with E-state index >= 15 is 8.78 Å².